The zero-order chi connectivity index (χ0) is 13.2. The number of amides is 1. The van der Waals surface area contributed by atoms with E-state index in [4.69, 9.17) is 14.2 Å². The molecule has 1 amide bonds. The van der Waals surface area contributed by atoms with E-state index in [9.17, 15) is 4.79 Å². The zero-order valence-corrected chi connectivity index (χ0v) is 11.1. The maximum atomic E-state index is 12.0. The molecular weight excluding hydrogens is 222 g/mol. The lowest BCUT2D eigenvalue weighted by atomic mass is 10.2. The Bertz CT molecular complexity index is 297. The number of hydrogen-bond donors (Lipinski definition) is 0. The minimum absolute atomic E-state index is 0.160. The van der Waals surface area contributed by atoms with E-state index in [0.717, 1.165) is 0 Å². The van der Waals surface area contributed by atoms with Crippen molar-refractivity contribution in [1.29, 1.82) is 0 Å². The largest absolute Gasteiger partial charge is 0.444 e. The summed E-state index contributed by atoms with van der Waals surface area (Å²) in [6.07, 6.45) is 0.248. The first-order valence-corrected chi connectivity index (χ1v) is 5.62. The van der Waals surface area contributed by atoms with E-state index >= 15 is 0 Å². The number of nitrogens with zero attached hydrogens (tertiary/aromatic N) is 1. The third kappa shape index (κ3) is 3.20. The molecule has 1 saturated heterocycles. The van der Waals surface area contributed by atoms with Crippen LogP contribution in [-0.2, 0) is 14.2 Å². The molecule has 5 nitrogen and oxygen atoms in total. The van der Waals surface area contributed by atoms with Gasteiger partial charge in [0.1, 0.15) is 11.7 Å². The summed E-state index contributed by atoms with van der Waals surface area (Å²) in [4.78, 5) is 13.5. The van der Waals surface area contributed by atoms with Crippen LogP contribution in [0.25, 0.3) is 0 Å². The predicted molar refractivity (Wildman–Crippen MR) is 63.4 cm³/mol. The third-order valence-corrected chi connectivity index (χ3v) is 2.45. The van der Waals surface area contributed by atoms with Gasteiger partial charge in [-0.05, 0) is 27.7 Å². The van der Waals surface area contributed by atoms with Gasteiger partial charge in [0.25, 0.3) is 0 Å². The van der Waals surface area contributed by atoms with Gasteiger partial charge in [0.05, 0.1) is 6.04 Å². The van der Waals surface area contributed by atoms with Crippen LogP contribution >= 0.6 is 0 Å². The molecule has 1 fully saturated rings. The van der Waals surface area contributed by atoms with E-state index in [0.29, 0.717) is 0 Å². The van der Waals surface area contributed by atoms with Crippen LogP contribution in [-0.4, -0.2) is 42.3 Å². The van der Waals surface area contributed by atoms with E-state index in [-0.39, 0.29) is 12.1 Å². The summed E-state index contributed by atoms with van der Waals surface area (Å²) in [5.74, 6) is 0. The van der Waals surface area contributed by atoms with E-state index in [1.54, 1.807) is 6.08 Å². The van der Waals surface area contributed by atoms with Crippen molar-refractivity contribution in [3.63, 3.8) is 0 Å². The van der Waals surface area contributed by atoms with Crippen LogP contribution < -0.4 is 0 Å². The Labute approximate surface area is 102 Å². The molecule has 1 heterocycles. The van der Waals surface area contributed by atoms with Crippen LogP contribution in [0.3, 0.4) is 0 Å². The molecule has 0 bridgehead atoms. The highest BCUT2D eigenvalue weighted by Crippen LogP contribution is 2.26. The molecule has 3 atom stereocenters. The SMILES string of the molecule is C=C[C@@H]1OC(OC)N(C(=O)OC(C)(C)C)[C@H]1C. The van der Waals surface area contributed by atoms with Crippen molar-refractivity contribution in [2.24, 2.45) is 0 Å². The number of hydrogen-bond acceptors (Lipinski definition) is 4. The fourth-order valence-corrected chi connectivity index (χ4v) is 1.65. The highest BCUT2D eigenvalue weighted by molar-refractivity contribution is 5.69. The van der Waals surface area contributed by atoms with E-state index in [1.807, 2.05) is 27.7 Å². The lowest BCUT2D eigenvalue weighted by Gasteiger charge is -2.28. The van der Waals surface area contributed by atoms with Crippen molar-refractivity contribution in [3.8, 4) is 0 Å². The molecule has 0 radical (unpaired) electrons. The average molecular weight is 243 g/mol. The fraction of sp³-hybridized carbons (Fsp3) is 0.750. The first kappa shape index (κ1) is 14.0. The monoisotopic (exact) mass is 243 g/mol. The molecule has 1 aliphatic heterocycles. The number of rotatable bonds is 2. The number of ether oxygens (including phenoxy) is 3. The summed E-state index contributed by atoms with van der Waals surface area (Å²) in [7, 11) is 1.49. The standard InChI is InChI=1S/C12H21NO4/c1-7-9-8(2)13(11(15-6)16-9)10(14)17-12(3,4)5/h7-9,11H,1H2,2-6H3/t8-,9-,11?/m0/s1. The Balaban J connectivity index is 2.79. The first-order chi connectivity index (χ1) is 7.80. The van der Waals surface area contributed by atoms with Crippen LogP contribution in [0.1, 0.15) is 27.7 Å². The van der Waals surface area contributed by atoms with Crippen molar-refractivity contribution >= 4 is 6.09 Å². The summed E-state index contributed by atoms with van der Waals surface area (Å²) < 4.78 is 15.9. The summed E-state index contributed by atoms with van der Waals surface area (Å²) in [6, 6.07) is -0.160. The van der Waals surface area contributed by atoms with Crippen LogP contribution in [0.15, 0.2) is 12.7 Å². The number of carbonyl (C=O) groups excluding carboxylic acids is 1. The first-order valence-electron chi connectivity index (χ1n) is 5.62. The van der Waals surface area contributed by atoms with Crippen molar-refractivity contribution < 1.29 is 19.0 Å². The van der Waals surface area contributed by atoms with Crippen molar-refractivity contribution in [2.75, 3.05) is 7.11 Å². The summed E-state index contributed by atoms with van der Waals surface area (Å²) in [5.41, 5.74) is -0.540. The Morgan fingerprint density at radius 3 is 2.47 bits per heavy atom. The quantitative estimate of drug-likeness (QED) is 0.697. The highest BCUT2D eigenvalue weighted by Gasteiger charge is 2.43. The number of carbonyl (C=O) groups is 1. The molecule has 0 aromatic carbocycles. The Hall–Kier alpha value is -1.07. The maximum absolute atomic E-state index is 12.0. The van der Waals surface area contributed by atoms with Crippen molar-refractivity contribution in [1.82, 2.24) is 4.90 Å². The van der Waals surface area contributed by atoms with Crippen LogP contribution in [0.4, 0.5) is 4.79 Å². The molecule has 0 aromatic rings. The molecule has 0 aromatic heterocycles. The maximum Gasteiger partial charge on any atom is 0.414 e. The molecule has 1 unspecified atom stereocenters. The Morgan fingerprint density at radius 1 is 1.47 bits per heavy atom. The molecule has 0 saturated carbocycles. The van der Waals surface area contributed by atoms with Crippen LogP contribution in [0.5, 0.6) is 0 Å². The highest BCUT2D eigenvalue weighted by atomic mass is 16.7. The topological polar surface area (TPSA) is 48.0 Å². The molecule has 1 rings (SSSR count). The minimum Gasteiger partial charge on any atom is -0.444 e. The van der Waals surface area contributed by atoms with E-state index < -0.39 is 18.1 Å². The molecule has 17 heavy (non-hydrogen) atoms. The second-order valence-electron chi connectivity index (χ2n) is 5.01. The van der Waals surface area contributed by atoms with Crippen molar-refractivity contribution in [2.45, 2.75) is 51.9 Å². The van der Waals surface area contributed by atoms with Crippen molar-refractivity contribution in [3.05, 3.63) is 12.7 Å². The van der Waals surface area contributed by atoms with Gasteiger partial charge in [-0.2, -0.15) is 0 Å². The molecule has 0 aliphatic carbocycles. The molecule has 0 spiro atoms. The molecule has 5 heteroatoms. The van der Waals surface area contributed by atoms with Gasteiger partial charge in [-0.15, -0.1) is 6.58 Å². The lowest BCUT2D eigenvalue weighted by molar-refractivity contribution is -0.160. The second kappa shape index (κ2) is 5.06. The molecular formula is C12H21NO4. The van der Waals surface area contributed by atoms with E-state index in [2.05, 4.69) is 6.58 Å². The fourth-order valence-electron chi connectivity index (χ4n) is 1.65. The Kier molecular flexibility index (Phi) is 4.16. The Morgan fingerprint density at radius 2 is 2.06 bits per heavy atom. The van der Waals surface area contributed by atoms with Gasteiger partial charge in [-0.3, -0.25) is 4.90 Å². The minimum atomic E-state index is -0.720. The normalized spacial score (nSPS) is 29.2. The average Bonchev–Trinajstić information content (AvgIpc) is 2.52. The van der Waals surface area contributed by atoms with Gasteiger partial charge < -0.3 is 14.2 Å². The summed E-state index contributed by atoms with van der Waals surface area (Å²) in [6.45, 7) is 11.0. The smallest absolute Gasteiger partial charge is 0.414 e. The summed E-state index contributed by atoms with van der Waals surface area (Å²) in [5, 5.41) is 0. The summed E-state index contributed by atoms with van der Waals surface area (Å²) >= 11 is 0. The zero-order valence-electron chi connectivity index (χ0n) is 11.1. The van der Waals surface area contributed by atoms with E-state index in [1.165, 1.54) is 12.0 Å². The van der Waals surface area contributed by atoms with Gasteiger partial charge in [0, 0.05) is 7.11 Å². The van der Waals surface area contributed by atoms with Crippen LogP contribution in [0.2, 0.25) is 0 Å². The van der Waals surface area contributed by atoms with Gasteiger partial charge in [-0.1, -0.05) is 6.08 Å². The lowest BCUT2D eigenvalue weighted by Crippen LogP contribution is -2.45. The van der Waals surface area contributed by atoms with Gasteiger partial charge >= 0.3 is 6.09 Å². The second-order valence-corrected chi connectivity index (χ2v) is 5.01. The van der Waals surface area contributed by atoms with Gasteiger partial charge in [0.2, 0.25) is 6.41 Å². The molecule has 98 valence electrons. The molecule has 1 aliphatic rings. The predicted octanol–water partition coefficient (Wildman–Crippen LogP) is 2.13. The van der Waals surface area contributed by atoms with Crippen LogP contribution in [0, 0.1) is 0 Å². The van der Waals surface area contributed by atoms with Gasteiger partial charge in [0.15, 0.2) is 0 Å². The van der Waals surface area contributed by atoms with Gasteiger partial charge in [-0.25, -0.2) is 4.79 Å². The third-order valence-electron chi connectivity index (χ3n) is 2.45. The number of methoxy groups -OCH3 is 1. The molecule has 0 N–H and O–H groups in total.